The van der Waals surface area contributed by atoms with E-state index in [1.807, 2.05) is 17.7 Å². The average molecular weight is 251 g/mol. The second-order valence-corrected chi connectivity index (χ2v) is 4.85. The minimum atomic E-state index is -0.381. The van der Waals surface area contributed by atoms with E-state index >= 15 is 0 Å². The smallest absolute Gasteiger partial charge is 0.228 e. The van der Waals surface area contributed by atoms with Gasteiger partial charge in [-0.15, -0.1) is 0 Å². The maximum atomic E-state index is 12.4. The Balaban J connectivity index is 2.09. The number of ether oxygens (including phenoxy) is 1. The Morgan fingerprint density at radius 1 is 1.61 bits per heavy atom. The fourth-order valence-corrected chi connectivity index (χ4v) is 2.23. The summed E-state index contributed by atoms with van der Waals surface area (Å²) < 4.78 is 7.46. The van der Waals surface area contributed by atoms with Crippen molar-refractivity contribution in [2.24, 2.45) is 0 Å². The standard InChI is InChI=1S/C13H21N3O2/c1-4-15-6-5-14-13(15)12(17)11-9-16(10(2)3)7-8-18-11/h5-6,10-11H,4,7-9H2,1-3H3. The van der Waals surface area contributed by atoms with E-state index in [0.717, 1.165) is 13.1 Å². The van der Waals surface area contributed by atoms with Crippen molar-refractivity contribution in [2.75, 3.05) is 19.7 Å². The van der Waals surface area contributed by atoms with Crippen LogP contribution < -0.4 is 0 Å². The Kier molecular flexibility index (Phi) is 4.14. The van der Waals surface area contributed by atoms with Crippen LogP contribution in [0.5, 0.6) is 0 Å². The molecule has 100 valence electrons. The van der Waals surface area contributed by atoms with Crippen LogP contribution in [0.4, 0.5) is 0 Å². The highest BCUT2D eigenvalue weighted by molar-refractivity contribution is 5.96. The molecule has 1 atom stereocenters. The summed E-state index contributed by atoms with van der Waals surface area (Å²) in [6.07, 6.45) is 3.12. The molecule has 0 aromatic carbocycles. The van der Waals surface area contributed by atoms with Crippen LogP contribution in [0.15, 0.2) is 12.4 Å². The van der Waals surface area contributed by atoms with Crippen LogP contribution in [0.2, 0.25) is 0 Å². The zero-order valence-electron chi connectivity index (χ0n) is 11.3. The van der Waals surface area contributed by atoms with Gasteiger partial charge in [-0.25, -0.2) is 4.98 Å². The molecule has 0 aliphatic carbocycles. The maximum Gasteiger partial charge on any atom is 0.228 e. The van der Waals surface area contributed by atoms with Crippen molar-refractivity contribution in [2.45, 2.75) is 39.5 Å². The van der Waals surface area contributed by atoms with Gasteiger partial charge in [0.1, 0.15) is 6.10 Å². The van der Waals surface area contributed by atoms with Gasteiger partial charge in [0.05, 0.1) is 6.61 Å². The van der Waals surface area contributed by atoms with Gasteiger partial charge in [-0.2, -0.15) is 0 Å². The number of hydrogen-bond donors (Lipinski definition) is 0. The number of rotatable bonds is 4. The van der Waals surface area contributed by atoms with Crippen LogP contribution in [-0.2, 0) is 11.3 Å². The van der Waals surface area contributed by atoms with Crippen LogP contribution in [-0.4, -0.2) is 52.1 Å². The third kappa shape index (κ3) is 2.62. The SMILES string of the molecule is CCn1ccnc1C(=O)C1CN(C(C)C)CCO1. The summed E-state index contributed by atoms with van der Waals surface area (Å²) in [5.41, 5.74) is 0. The summed E-state index contributed by atoms with van der Waals surface area (Å²) in [4.78, 5) is 18.8. The minimum Gasteiger partial charge on any atom is -0.367 e. The zero-order chi connectivity index (χ0) is 13.1. The van der Waals surface area contributed by atoms with Crippen molar-refractivity contribution >= 4 is 5.78 Å². The number of carbonyl (C=O) groups excluding carboxylic acids is 1. The molecule has 0 amide bonds. The molecule has 2 rings (SSSR count). The van der Waals surface area contributed by atoms with Gasteiger partial charge < -0.3 is 9.30 Å². The Hall–Kier alpha value is -1.20. The van der Waals surface area contributed by atoms with E-state index < -0.39 is 0 Å². The van der Waals surface area contributed by atoms with Gasteiger partial charge >= 0.3 is 0 Å². The number of Topliss-reactive ketones (excluding diaryl/α,β-unsaturated/α-hetero) is 1. The largest absolute Gasteiger partial charge is 0.367 e. The topological polar surface area (TPSA) is 47.4 Å². The van der Waals surface area contributed by atoms with Crippen molar-refractivity contribution in [1.29, 1.82) is 0 Å². The third-order valence-electron chi connectivity index (χ3n) is 3.40. The first-order chi connectivity index (χ1) is 8.63. The molecule has 0 bridgehead atoms. The molecule has 0 radical (unpaired) electrons. The normalized spacial score (nSPS) is 21.4. The summed E-state index contributed by atoms with van der Waals surface area (Å²) in [6.45, 7) is 9.19. The first kappa shape index (κ1) is 13.2. The van der Waals surface area contributed by atoms with Crippen LogP contribution >= 0.6 is 0 Å². The number of aryl methyl sites for hydroxylation is 1. The summed E-state index contributed by atoms with van der Waals surface area (Å²) in [7, 11) is 0. The van der Waals surface area contributed by atoms with E-state index in [1.54, 1.807) is 6.20 Å². The van der Waals surface area contributed by atoms with E-state index in [0.29, 0.717) is 25.0 Å². The molecule has 1 saturated heterocycles. The van der Waals surface area contributed by atoms with Crippen LogP contribution in [0.3, 0.4) is 0 Å². The van der Waals surface area contributed by atoms with Gasteiger partial charge in [-0.1, -0.05) is 0 Å². The highest BCUT2D eigenvalue weighted by Gasteiger charge is 2.30. The molecule has 1 aromatic heterocycles. The van der Waals surface area contributed by atoms with E-state index in [9.17, 15) is 4.79 Å². The van der Waals surface area contributed by atoms with Crippen LogP contribution in [0.25, 0.3) is 0 Å². The molecule has 18 heavy (non-hydrogen) atoms. The lowest BCUT2D eigenvalue weighted by Gasteiger charge is -2.34. The molecular formula is C13H21N3O2. The van der Waals surface area contributed by atoms with Crippen molar-refractivity contribution < 1.29 is 9.53 Å². The number of hydrogen-bond acceptors (Lipinski definition) is 4. The van der Waals surface area contributed by atoms with Crippen LogP contribution in [0.1, 0.15) is 31.4 Å². The average Bonchev–Trinajstić information content (AvgIpc) is 2.86. The van der Waals surface area contributed by atoms with Gasteiger partial charge in [-0.05, 0) is 20.8 Å². The molecular weight excluding hydrogens is 230 g/mol. The first-order valence-electron chi connectivity index (χ1n) is 6.54. The molecule has 0 N–H and O–H groups in total. The van der Waals surface area contributed by atoms with E-state index in [-0.39, 0.29) is 11.9 Å². The maximum absolute atomic E-state index is 12.4. The number of morpholine rings is 1. The molecule has 1 aromatic rings. The lowest BCUT2D eigenvalue weighted by molar-refractivity contribution is -0.0262. The van der Waals surface area contributed by atoms with Crippen LogP contribution in [0, 0.1) is 0 Å². The molecule has 5 nitrogen and oxygen atoms in total. The van der Waals surface area contributed by atoms with Gasteiger partial charge in [0.2, 0.25) is 5.78 Å². The zero-order valence-corrected chi connectivity index (χ0v) is 11.3. The fraction of sp³-hybridized carbons (Fsp3) is 0.692. The van der Waals surface area contributed by atoms with E-state index in [4.69, 9.17) is 4.74 Å². The minimum absolute atomic E-state index is 0.00722. The van der Waals surface area contributed by atoms with Crippen molar-refractivity contribution in [3.05, 3.63) is 18.2 Å². The van der Waals surface area contributed by atoms with Crippen molar-refractivity contribution in [1.82, 2.24) is 14.5 Å². The molecule has 2 heterocycles. The second kappa shape index (κ2) is 5.63. The Labute approximate surface area is 108 Å². The van der Waals surface area contributed by atoms with Gasteiger partial charge in [0, 0.05) is 38.1 Å². The number of carbonyl (C=O) groups is 1. The summed E-state index contributed by atoms with van der Waals surface area (Å²) in [5.74, 6) is 0.500. The molecule has 1 fully saturated rings. The lowest BCUT2D eigenvalue weighted by Crippen LogP contribution is -2.49. The highest BCUT2D eigenvalue weighted by atomic mass is 16.5. The molecule has 1 aliphatic rings. The number of aromatic nitrogens is 2. The van der Waals surface area contributed by atoms with Crippen molar-refractivity contribution in [3.63, 3.8) is 0 Å². The third-order valence-corrected chi connectivity index (χ3v) is 3.40. The lowest BCUT2D eigenvalue weighted by atomic mass is 10.1. The number of imidazole rings is 1. The van der Waals surface area contributed by atoms with Gasteiger partial charge in [0.15, 0.2) is 5.82 Å². The highest BCUT2D eigenvalue weighted by Crippen LogP contribution is 2.13. The predicted octanol–water partition coefficient (Wildman–Crippen LogP) is 1.19. The Bertz CT molecular complexity index is 414. The van der Waals surface area contributed by atoms with Gasteiger partial charge in [-0.3, -0.25) is 9.69 Å². The summed E-state index contributed by atoms with van der Waals surface area (Å²) in [6, 6.07) is 0.440. The van der Waals surface area contributed by atoms with E-state index in [1.165, 1.54) is 0 Å². The van der Waals surface area contributed by atoms with Crippen molar-refractivity contribution in [3.8, 4) is 0 Å². The quantitative estimate of drug-likeness (QED) is 0.754. The molecule has 0 spiro atoms. The number of ketones is 1. The molecule has 0 saturated carbocycles. The summed E-state index contributed by atoms with van der Waals surface area (Å²) in [5, 5.41) is 0. The Morgan fingerprint density at radius 3 is 3.06 bits per heavy atom. The molecule has 1 unspecified atom stereocenters. The number of nitrogens with zero attached hydrogens (tertiary/aromatic N) is 3. The predicted molar refractivity (Wildman–Crippen MR) is 68.7 cm³/mol. The van der Waals surface area contributed by atoms with Gasteiger partial charge in [0.25, 0.3) is 0 Å². The Morgan fingerprint density at radius 2 is 2.39 bits per heavy atom. The molecule has 5 heteroatoms. The second-order valence-electron chi connectivity index (χ2n) is 4.85. The monoisotopic (exact) mass is 251 g/mol. The fourth-order valence-electron chi connectivity index (χ4n) is 2.23. The molecule has 1 aliphatic heterocycles. The first-order valence-corrected chi connectivity index (χ1v) is 6.54. The summed E-state index contributed by atoms with van der Waals surface area (Å²) >= 11 is 0. The van der Waals surface area contributed by atoms with E-state index in [2.05, 4.69) is 23.7 Å².